The van der Waals surface area contributed by atoms with E-state index in [-0.39, 0.29) is 5.91 Å². The van der Waals surface area contributed by atoms with Gasteiger partial charge in [0, 0.05) is 19.6 Å². The predicted molar refractivity (Wildman–Crippen MR) is 73.4 cm³/mol. The Labute approximate surface area is 111 Å². The van der Waals surface area contributed by atoms with Gasteiger partial charge in [-0.15, -0.1) is 0 Å². The molecule has 1 amide bonds. The highest BCUT2D eigenvalue weighted by molar-refractivity contribution is 5.78. The summed E-state index contributed by atoms with van der Waals surface area (Å²) >= 11 is 0. The molecule has 0 aliphatic carbocycles. The molecule has 0 aromatic rings. The Morgan fingerprint density at radius 1 is 1.17 bits per heavy atom. The third-order valence-corrected chi connectivity index (χ3v) is 4.01. The van der Waals surface area contributed by atoms with E-state index in [1.807, 2.05) is 18.7 Å². The second-order valence-corrected chi connectivity index (χ2v) is 5.33. The van der Waals surface area contributed by atoms with Crippen LogP contribution in [0.4, 0.5) is 0 Å². The van der Waals surface area contributed by atoms with Gasteiger partial charge < -0.3 is 15.3 Å². The number of amides is 1. The second kappa shape index (κ2) is 7.74. The summed E-state index contributed by atoms with van der Waals surface area (Å²) in [6, 6.07) is 0. The zero-order chi connectivity index (χ0) is 13.4. The van der Waals surface area contributed by atoms with Crippen LogP contribution in [0.25, 0.3) is 0 Å². The van der Waals surface area contributed by atoms with Gasteiger partial charge in [-0.2, -0.15) is 0 Å². The van der Waals surface area contributed by atoms with Crippen molar-refractivity contribution < 1.29 is 9.90 Å². The van der Waals surface area contributed by atoms with Gasteiger partial charge in [0.2, 0.25) is 5.91 Å². The molecular formula is C14H28N2O2. The van der Waals surface area contributed by atoms with Gasteiger partial charge in [0.05, 0.1) is 12.1 Å². The number of likely N-dealkylation sites (tertiary alicyclic amines) is 1. The molecule has 1 aliphatic rings. The molecule has 1 saturated heterocycles. The highest BCUT2D eigenvalue weighted by Crippen LogP contribution is 2.13. The quantitative estimate of drug-likeness (QED) is 0.758. The molecule has 1 heterocycles. The third kappa shape index (κ3) is 4.94. The third-order valence-electron chi connectivity index (χ3n) is 4.01. The number of nitrogens with one attached hydrogen (secondary N) is 1. The van der Waals surface area contributed by atoms with E-state index < -0.39 is 5.60 Å². The number of nitrogens with zero attached hydrogens (tertiary/aromatic N) is 1. The predicted octanol–water partition coefficient (Wildman–Crippen LogP) is 1.53. The first kappa shape index (κ1) is 15.4. The minimum absolute atomic E-state index is 0.173. The molecule has 4 heteroatoms. The van der Waals surface area contributed by atoms with Crippen molar-refractivity contribution >= 4 is 5.91 Å². The Bertz CT molecular complexity index is 244. The van der Waals surface area contributed by atoms with Crippen LogP contribution in [0.1, 0.15) is 52.4 Å². The second-order valence-electron chi connectivity index (χ2n) is 5.33. The fraction of sp³-hybridized carbons (Fsp3) is 0.929. The normalized spacial score (nSPS) is 17.6. The van der Waals surface area contributed by atoms with Crippen molar-refractivity contribution in [3.8, 4) is 0 Å². The number of carbonyl (C=O) groups excluding carboxylic acids is 1. The maximum absolute atomic E-state index is 12.0. The molecule has 18 heavy (non-hydrogen) atoms. The zero-order valence-corrected chi connectivity index (χ0v) is 11.9. The van der Waals surface area contributed by atoms with Crippen molar-refractivity contribution in [1.82, 2.24) is 10.2 Å². The highest BCUT2D eigenvalue weighted by atomic mass is 16.3. The molecule has 1 rings (SSSR count). The van der Waals surface area contributed by atoms with E-state index in [0.717, 1.165) is 25.9 Å². The van der Waals surface area contributed by atoms with E-state index in [2.05, 4.69) is 5.32 Å². The topological polar surface area (TPSA) is 52.6 Å². The van der Waals surface area contributed by atoms with Gasteiger partial charge in [-0.1, -0.05) is 26.7 Å². The van der Waals surface area contributed by atoms with Crippen LogP contribution < -0.4 is 5.32 Å². The van der Waals surface area contributed by atoms with Gasteiger partial charge in [0.25, 0.3) is 0 Å². The fourth-order valence-electron chi connectivity index (χ4n) is 2.33. The van der Waals surface area contributed by atoms with E-state index in [1.165, 1.54) is 12.8 Å². The van der Waals surface area contributed by atoms with Crippen molar-refractivity contribution in [2.45, 2.75) is 58.0 Å². The van der Waals surface area contributed by atoms with Crippen LogP contribution in [0, 0.1) is 0 Å². The van der Waals surface area contributed by atoms with Crippen molar-refractivity contribution in [2.24, 2.45) is 0 Å². The van der Waals surface area contributed by atoms with E-state index in [4.69, 9.17) is 0 Å². The van der Waals surface area contributed by atoms with Crippen LogP contribution in [0.2, 0.25) is 0 Å². The lowest BCUT2D eigenvalue weighted by Gasteiger charge is -2.26. The lowest BCUT2D eigenvalue weighted by atomic mass is 9.98. The molecule has 0 atom stereocenters. The SMILES string of the molecule is CCC(O)(CC)CNCC(=O)N1CCCCCC1. The number of hydrogen-bond donors (Lipinski definition) is 2. The Morgan fingerprint density at radius 2 is 1.72 bits per heavy atom. The molecule has 0 bridgehead atoms. The van der Waals surface area contributed by atoms with Gasteiger partial charge in [-0.25, -0.2) is 0 Å². The summed E-state index contributed by atoms with van der Waals surface area (Å²) in [6.07, 6.45) is 6.16. The molecule has 1 aliphatic heterocycles. The minimum Gasteiger partial charge on any atom is -0.389 e. The van der Waals surface area contributed by atoms with Crippen LogP contribution in [0.3, 0.4) is 0 Å². The van der Waals surface area contributed by atoms with E-state index in [0.29, 0.717) is 25.9 Å². The zero-order valence-electron chi connectivity index (χ0n) is 11.9. The van der Waals surface area contributed by atoms with E-state index >= 15 is 0 Å². The standard InChI is InChI=1S/C14H28N2O2/c1-3-14(18,4-2)12-15-11-13(17)16-9-7-5-6-8-10-16/h15,18H,3-12H2,1-2H3. The highest BCUT2D eigenvalue weighted by Gasteiger charge is 2.22. The Balaban J connectivity index is 2.27. The van der Waals surface area contributed by atoms with Crippen molar-refractivity contribution in [3.63, 3.8) is 0 Å². The van der Waals surface area contributed by atoms with Crippen molar-refractivity contribution in [3.05, 3.63) is 0 Å². The first-order chi connectivity index (χ1) is 8.61. The smallest absolute Gasteiger partial charge is 0.236 e. The average Bonchev–Trinajstić information content (AvgIpc) is 2.67. The minimum atomic E-state index is -0.668. The van der Waals surface area contributed by atoms with Crippen LogP contribution in [0.15, 0.2) is 0 Å². The number of hydrogen-bond acceptors (Lipinski definition) is 3. The molecule has 0 radical (unpaired) electrons. The monoisotopic (exact) mass is 256 g/mol. The summed E-state index contributed by atoms with van der Waals surface area (Å²) in [7, 11) is 0. The summed E-state index contributed by atoms with van der Waals surface area (Å²) in [6.45, 7) is 6.59. The molecular weight excluding hydrogens is 228 g/mol. The Morgan fingerprint density at radius 3 is 2.22 bits per heavy atom. The molecule has 0 spiro atoms. The van der Waals surface area contributed by atoms with Gasteiger partial charge in [-0.3, -0.25) is 4.79 Å². The maximum Gasteiger partial charge on any atom is 0.236 e. The summed E-state index contributed by atoms with van der Waals surface area (Å²) in [4.78, 5) is 14.0. The van der Waals surface area contributed by atoms with Crippen LogP contribution in [-0.2, 0) is 4.79 Å². The van der Waals surface area contributed by atoms with Gasteiger partial charge in [0.15, 0.2) is 0 Å². The largest absolute Gasteiger partial charge is 0.389 e. The molecule has 2 N–H and O–H groups in total. The number of aliphatic hydroxyl groups is 1. The maximum atomic E-state index is 12.0. The van der Waals surface area contributed by atoms with Crippen molar-refractivity contribution in [2.75, 3.05) is 26.2 Å². The van der Waals surface area contributed by atoms with Gasteiger partial charge in [0.1, 0.15) is 0 Å². The first-order valence-corrected chi connectivity index (χ1v) is 7.32. The fourth-order valence-corrected chi connectivity index (χ4v) is 2.33. The number of rotatable bonds is 6. The Hall–Kier alpha value is -0.610. The Kier molecular flexibility index (Phi) is 6.65. The summed E-state index contributed by atoms with van der Waals surface area (Å²) in [5.74, 6) is 0.173. The van der Waals surface area contributed by atoms with E-state index in [1.54, 1.807) is 0 Å². The lowest BCUT2D eigenvalue weighted by molar-refractivity contribution is -0.130. The summed E-state index contributed by atoms with van der Waals surface area (Å²) in [5, 5.41) is 13.2. The summed E-state index contributed by atoms with van der Waals surface area (Å²) in [5.41, 5.74) is -0.668. The molecule has 0 aromatic heterocycles. The number of carbonyl (C=O) groups is 1. The van der Waals surface area contributed by atoms with Gasteiger partial charge in [-0.05, 0) is 25.7 Å². The molecule has 1 fully saturated rings. The lowest BCUT2D eigenvalue weighted by Crippen LogP contribution is -2.45. The van der Waals surface area contributed by atoms with Crippen LogP contribution in [0.5, 0.6) is 0 Å². The molecule has 106 valence electrons. The summed E-state index contributed by atoms with van der Waals surface area (Å²) < 4.78 is 0. The molecule has 0 aromatic carbocycles. The average molecular weight is 256 g/mol. The molecule has 0 saturated carbocycles. The molecule has 4 nitrogen and oxygen atoms in total. The molecule has 0 unspecified atom stereocenters. The van der Waals surface area contributed by atoms with Crippen LogP contribution >= 0.6 is 0 Å². The van der Waals surface area contributed by atoms with Crippen LogP contribution in [-0.4, -0.2) is 47.7 Å². The van der Waals surface area contributed by atoms with Gasteiger partial charge >= 0.3 is 0 Å². The van der Waals surface area contributed by atoms with Crippen molar-refractivity contribution in [1.29, 1.82) is 0 Å². The van der Waals surface area contributed by atoms with E-state index in [9.17, 15) is 9.90 Å². The first-order valence-electron chi connectivity index (χ1n) is 7.32.